The van der Waals surface area contributed by atoms with Gasteiger partial charge in [0.05, 0.1) is 45.2 Å². The van der Waals surface area contributed by atoms with E-state index >= 15 is 0 Å². The minimum Gasteiger partial charge on any atom is -0.394 e. The smallest absolute Gasteiger partial charge is 0.187 e. The first-order chi connectivity index (χ1) is 34.6. The van der Waals surface area contributed by atoms with Gasteiger partial charge in [-0.3, -0.25) is 0 Å². The number of aliphatic hydroxyl groups is 18. The highest BCUT2D eigenvalue weighted by molar-refractivity contribution is 5.01. The molecule has 73 heavy (non-hydrogen) atoms. The van der Waals surface area contributed by atoms with Gasteiger partial charge in [-0.15, -0.1) is 0 Å². The van der Waals surface area contributed by atoms with Crippen LogP contribution in [-0.2, 0) is 66.3 Å². The number of ether oxygens (including phenoxy) is 14. The summed E-state index contributed by atoms with van der Waals surface area (Å²) < 4.78 is 82.0. The Labute approximate surface area is 414 Å². The molecule has 0 amide bonds. The molecule has 7 aliphatic rings. The average Bonchev–Trinajstić information content (AvgIpc) is 3.37. The van der Waals surface area contributed by atoms with Crippen LogP contribution in [0.1, 0.15) is 13.8 Å². The molecule has 18 N–H and O–H groups in total. The lowest BCUT2D eigenvalue weighted by Crippen LogP contribution is -2.69. The van der Waals surface area contributed by atoms with Gasteiger partial charge in [0.25, 0.3) is 0 Å². The van der Waals surface area contributed by atoms with E-state index in [9.17, 15) is 91.9 Å². The summed E-state index contributed by atoms with van der Waals surface area (Å²) in [6.07, 6.45) is -61.3. The molecule has 7 fully saturated rings. The zero-order chi connectivity index (χ0) is 53.5. The molecule has 0 aromatic carbocycles. The van der Waals surface area contributed by atoms with E-state index in [2.05, 4.69) is 0 Å². The molecular weight excluding hydrogens is 1000 g/mol. The largest absolute Gasteiger partial charge is 0.394 e. The predicted molar refractivity (Wildman–Crippen MR) is 222 cm³/mol. The van der Waals surface area contributed by atoms with Gasteiger partial charge in [-0.25, -0.2) is 0 Å². The Hall–Kier alpha value is -1.28. The number of aliphatic hydroxyl groups excluding tert-OH is 18. The van der Waals surface area contributed by atoms with E-state index in [1.54, 1.807) is 0 Å². The van der Waals surface area contributed by atoms with Crippen LogP contribution in [0.15, 0.2) is 0 Å². The van der Waals surface area contributed by atoms with Gasteiger partial charge in [0.15, 0.2) is 44.0 Å². The molecule has 7 aliphatic heterocycles. The molecule has 0 unspecified atom stereocenters. The Morgan fingerprint density at radius 2 is 0.795 bits per heavy atom. The standard InChI is InChI=1S/C41H70O32/c1-9-16(46)31(70-38-25(55)21(51)18(48)12(4-42)66-38)28(58)40(63-9)72-33-29(68-37-24(54)20(50)15(60-3)8-62-37)10(2)64-41(34(33)73-39-26(56)22(52)19(49)13(5-43)67-39)71-32-27(57)35(59)65-14(6-44)30(32)69-36-23(53)17(47)11(45)7-61-36/h9-59H,4-8H2,1-3H3/t9-,10+,11-,12-,13-,14-,15-,16-,17+,18-,19+,20+,21+,22+,23-,24-,25+,26-,27-,28+,29-,30-,31+,32-,33-,34+,35-,36+,37+,38-,39-,40-,41+/m1/s1. The van der Waals surface area contributed by atoms with Crippen molar-refractivity contribution < 1.29 is 158 Å². The molecule has 7 rings (SSSR count). The molecule has 0 aliphatic carbocycles. The molecule has 7 heterocycles. The Kier molecular flexibility index (Phi) is 20.5. The summed E-state index contributed by atoms with van der Waals surface area (Å²) in [6, 6.07) is 0. The van der Waals surface area contributed by atoms with Crippen molar-refractivity contribution in [3.05, 3.63) is 0 Å². The Morgan fingerprint density at radius 3 is 1.36 bits per heavy atom. The number of rotatable bonds is 16. The minimum atomic E-state index is -2.19. The zero-order valence-corrected chi connectivity index (χ0v) is 39.4. The van der Waals surface area contributed by atoms with Crippen molar-refractivity contribution in [3.63, 3.8) is 0 Å². The van der Waals surface area contributed by atoms with E-state index in [4.69, 9.17) is 66.3 Å². The molecule has 426 valence electrons. The molecular formula is C41H70O32. The minimum absolute atomic E-state index is 0.368. The molecule has 33 atom stereocenters. The van der Waals surface area contributed by atoms with E-state index < -0.39 is 229 Å². The van der Waals surface area contributed by atoms with Crippen LogP contribution in [0.2, 0.25) is 0 Å². The van der Waals surface area contributed by atoms with Gasteiger partial charge in [0.2, 0.25) is 0 Å². The molecule has 0 saturated carbocycles. The second-order valence-corrected chi connectivity index (χ2v) is 18.8. The van der Waals surface area contributed by atoms with Gasteiger partial charge in [-0.2, -0.15) is 0 Å². The fourth-order valence-electron chi connectivity index (χ4n) is 9.50. The van der Waals surface area contributed by atoms with E-state index in [0.29, 0.717) is 0 Å². The summed E-state index contributed by atoms with van der Waals surface area (Å²) in [5.41, 5.74) is 0. The summed E-state index contributed by atoms with van der Waals surface area (Å²) in [6.45, 7) is -1.18. The molecule has 7 saturated heterocycles. The van der Waals surface area contributed by atoms with Crippen molar-refractivity contribution in [1.29, 1.82) is 0 Å². The quantitative estimate of drug-likeness (QED) is 0.0682. The van der Waals surface area contributed by atoms with Crippen LogP contribution in [0.25, 0.3) is 0 Å². The monoisotopic (exact) mass is 1070 g/mol. The van der Waals surface area contributed by atoms with Crippen molar-refractivity contribution in [3.8, 4) is 0 Å². The van der Waals surface area contributed by atoms with Gasteiger partial charge in [0.1, 0.15) is 146 Å². The lowest BCUT2D eigenvalue weighted by molar-refractivity contribution is -0.420. The first kappa shape index (κ1) is 59.4. The molecule has 0 spiro atoms. The van der Waals surface area contributed by atoms with Crippen LogP contribution in [0.5, 0.6) is 0 Å². The highest BCUT2D eigenvalue weighted by atomic mass is 16.8. The number of hydrogen-bond acceptors (Lipinski definition) is 32. The third kappa shape index (κ3) is 12.3. The number of methoxy groups -OCH3 is 1. The molecule has 32 heteroatoms. The fraction of sp³-hybridized carbons (Fsp3) is 1.00. The van der Waals surface area contributed by atoms with Crippen molar-refractivity contribution in [2.24, 2.45) is 0 Å². The van der Waals surface area contributed by atoms with Crippen molar-refractivity contribution in [2.45, 2.75) is 217 Å². The summed E-state index contributed by atoms with van der Waals surface area (Å²) in [5, 5.41) is 194. The van der Waals surface area contributed by atoms with Gasteiger partial charge in [-0.1, -0.05) is 0 Å². The second kappa shape index (κ2) is 25.2. The van der Waals surface area contributed by atoms with Crippen LogP contribution >= 0.6 is 0 Å². The maximum absolute atomic E-state index is 12.0. The van der Waals surface area contributed by atoms with Gasteiger partial charge in [-0.05, 0) is 13.8 Å². The molecule has 32 nitrogen and oxygen atoms in total. The first-order valence-electron chi connectivity index (χ1n) is 23.6. The highest BCUT2D eigenvalue weighted by Gasteiger charge is 2.59. The fourth-order valence-corrected chi connectivity index (χ4v) is 9.50. The Morgan fingerprint density at radius 1 is 0.342 bits per heavy atom. The number of hydrogen-bond donors (Lipinski definition) is 18. The Balaban J connectivity index is 1.29. The first-order valence-corrected chi connectivity index (χ1v) is 23.6. The van der Waals surface area contributed by atoms with Gasteiger partial charge >= 0.3 is 0 Å². The molecule has 0 aromatic heterocycles. The van der Waals surface area contributed by atoms with Crippen molar-refractivity contribution >= 4 is 0 Å². The van der Waals surface area contributed by atoms with Crippen LogP contribution in [0, 0.1) is 0 Å². The topological polar surface area (TPSA) is 493 Å². The van der Waals surface area contributed by atoms with Crippen LogP contribution in [-0.4, -0.2) is 335 Å². The van der Waals surface area contributed by atoms with Gasteiger partial charge < -0.3 is 158 Å². The summed E-state index contributed by atoms with van der Waals surface area (Å²) in [5.74, 6) is 0. The molecule has 0 radical (unpaired) electrons. The van der Waals surface area contributed by atoms with Crippen LogP contribution in [0.4, 0.5) is 0 Å². The SMILES string of the molecule is CO[C@@H]1CO[C@@H](O[C@H]2[C@@H](O[C@H]3O[C@H](C)[C@@H](O)[C@H](O[C@H]4O[C@H](CO)[C@@H](O)[C@H](O)[C@@H]4O)[C@@H]3O)[C@H](O[C@H]3O[C@H](CO)[C@H](O)[C@H](O)[C@H]3O)[C@H](O[C@@H]3[C@@H](O)[C@H](O)O[C@H](CO)[C@H]3O[C@@H]3OC[C@@H](O)[C@H](O)[C@H]3O)O[C@H]2C)[C@H](O)[C@H]1O. The van der Waals surface area contributed by atoms with E-state index in [1.165, 1.54) is 21.0 Å². The normalized spacial score (nSPS) is 54.3. The van der Waals surface area contributed by atoms with Gasteiger partial charge in [0, 0.05) is 7.11 Å². The van der Waals surface area contributed by atoms with E-state index in [-0.39, 0.29) is 6.61 Å². The Bertz CT molecular complexity index is 1690. The van der Waals surface area contributed by atoms with Crippen LogP contribution < -0.4 is 0 Å². The lowest BCUT2D eigenvalue weighted by Gasteiger charge is -2.52. The summed E-state index contributed by atoms with van der Waals surface area (Å²) in [4.78, 5) is 0. The van der Waals surface area contributed by atoms with Crippen molar-refractivity contribution in [1.82, 2.24) is 0 Å². The maximum atomic E-state index is 12.0. The average molecular weight is 1070 g/mol. The highest BCUT2D eigenvalue weighted by Crippen LogP contribution is 2.40. The third-order valence-electron chi connectivity index (χ3n) is 14.0. The van der Waals surface area contributed by atoms with Crippen molar-refractivity contribution in [2.75, 3.05) is 40.1 Å². The predicted octanol–water partition coefficient (Wildman–Crippen LogP) is -12.3. The molecule has 0 aromatic rings. The summed E-state index contributed by atoms with van der Waals surface area (Å²) >= 11 is 0. The van der Waals surface area contributed by atoms with E-state index in [0.717, 1.165) is 0 Å². The maximum Gasteiger partial charge on any atom is 0.187 e. The van der Waals surface area contributed by atoms with E-state index in [1.807, 2.05) is 0 Å². The summed E-state index contributed by atoms with van der Waals surface area (Å²) in [7, 11) is 1.24. The third-order valence-corrected chi connectivity index (χ3v) is 14.0. The lowest BCUT2D eigenvalue weighted by atomic mass is 9.94. The van der Waals surface area contributed by atoms with Crippen LogP contribution in [0.3, 0.4) is 0 Å². The second-order valence-electron chi connectivity index (χ2n) is 18.8. The molecule has 0 bridgehead atoms. The zero-order valence-electron chi connectivity index (χ0n) is 39.4.